The maximum Gasteiger partial charge on any atom is 0.162 e. The number of pyridine rings is 1. The molecule has 0 unspecified atom stereocenters. The van der Waals surface area contributed by atoms with Gasteiger partial charge in [0, 0.05) is 53.8 Å². The Morgan fingerprint density at radius 1 is 1.21 bits per heavy atom. The summed E-state index contributed by atoms with van der Waals surface area (Å²) in [7, 11) is 4.16. The molecule has 5 rings (SSSR count). The lowest BCUT2D eigenvalue weighted by Crippen LogP contribution is -2.44. The van der Waals surface area contributed by atoms with Crippen molar-refractivity contribution in [2.75, 3.05) is 45.3 Å². The van der Waals surface area contributed by atoms with Gasteiger partial charge in [-0.05, 0) is 47.0 Å². The van der Waals surface area contributed by atoms with Gasteiger partial charge in [-0.3, -0.25) is 4.68 Å². The van der Waals surface area contributed by atoms with Crippen LogP contribution in [0.3, 0.4) is 0 Å². The van der Waals surface area contributed by atoms with Gasteiger partial charge in [0.2, 0.25) is 0 Å². The first-order valence-electron chi connectivity index (χ1n) is 11.8. The smallest absolute Gasteiger partial charge is 0.162 e. The second-order valence-corrected chi connectivity index (χ2v) is 9.22. The number of morpholine rings is 1. The van der Waals surface area contributed by atoms with Gasteiger partial charge in [-0.1, -0.05) is 0 Å². The fourth-order valence-corrected chi connectivity index (χ4v) is 4.63. The molecule has 0 aliphatic carbocycles. The summed E-state index contributed by atoms with van der Waals surface area (Å²) in [5.41, 5.74) is 5.85. The number of aromatic amines is 1. The van der Waals surface area contributed by atoms with Crippen LogP contribution in [-0.4, -0.2) is 81.1 Å². The lowest BCUT2D eigenvalue weighted by atomic mass is 10.1. The molecule has 9 nitrogen and oxygen atoms in total. The van der Waals surface area contributed by atoms with E-state index in [2.05, 4.69) is 65.4 Å². The van der Waals surface area contributed by atoms with Crippen LogP contribution < -0.4 is 4.90 Å². The molecule has 0 amide bonds. The van der Waals surface area contributed by atoms with Crippen molar-refractivity contribution in [2.45, 2.75) is 33.4 Å². The molecule has 1 aliphatic rings. The highest BCUT2D eigenvalue weighted by Crippen LogP contribution is 2.33. The SMILES string of the molecule is Cc1nn(CCN(C)C)c(C)c1-c1cc(N2CCOC[C@H]2C)nc(-c2ccnc3[nH]ccc23)n1. The molecule has 0 saturated carbocycles. The molecule has 1 fully saturated rings. The van der Waals surface area contributed by atoms with E-state index in [9.17, 15) is 0 Å². The Morgan fingerprint density at radius 3 is 2.85 bits per heavy atom. The molecule has 1 atom stereocenters. The van der Waals surface area contributed by atoms with E-state index in [0.717, 1.165) is 64.7 Å². The fraction of sp³-hybridized carbons (Fsp3) is 0.440. The van der Waals surface area contributed by atoms with Crippen molar-refractivity contribution < 1.29 is 4.74 Å². The zero-order valence-electron chi connectivity index (χ0n) is 20.5. The van der Waals surface area contributed by atoms with Crippen LogP contribution in [-0.2, 0) is 11.3 Å². The molecule has 0 radical (unpaired) electrons. The van der Waals surface area contributed by atoms with Crippen LogP contribution in [0.1, 0.15) is 18.3 Å². The number of ether oxygens (including phenoxy) is 1. The van der Waals surface area contributed by atoms with Crippen molar-refractivity contribution in [3.05, 3.63) is 42.0 Å². The predicted molar refractivity (Wildman–Crippen MR) is 134 cm³/mol. The molecule has 9 heteroatoms. The average Bonchev–Trinajstić information content (AvgIpc) is 3.41. The maximum atomic E-state index is 5.68. The number of aromatic nitrogens is 6. The van der Waals surface area contributed by atoms with E-state index in [-0.39, 0.29) is 6.04 Å². The van der Waals surface area contributed by atoms with E-state index in [1.165, 1.54) is 0 Å². The van der Waals surface area contributed by atoms with E-state index in [0.29, 0.717) is 19.0 Å². The molecule has 0 spiro atoms. The molecule has 34 heavy (non-hydrogen) atoms. The Balaban J connectivity index is 1.67. The Morgan fingerprint density at radius 2 is 2.06 bits per heavy atom. The third-order valence-corrected chi connectivity index (χ3v) is 6.47. The minimum Gasteiger partial charge on any atom is -0.377 e. The Kier molecular flexibility index (Phi) is 6.05. The van der Waals surface area contributed by atoms with Gasteiger partial charge in [-0.2, -0.15) is 5.10 Å². The third-order valence-electron chi connectivity index (χ3n) is 6.47. The number of nitrogens with zero attached hydrogens (tertiary/aromatic N) is 7. The first-order chi connectivity index (χ1) is 16.4. The highest BCUT2D eigenvalue weighted by molar-refractivity contribution is 5.91. The summed E-state index contributed by atoms with van der Waals surface area (Å²) in [6, 6.07) is 6.36. The summed E-state index contributed by atoms with van der Waals surface area (Å²) in [4.78, 5) is 22.2. The normalized spacial score (nSPS) is 16.6. The number of fused-ring (bicyclic) bond motifs is 1. The monoisotopic (exact) mass is 460 g/mol. The van der Waals surface area contributed by atoms with Crippen molar-refractivity contribution in [3.63, 3.8) is 0 Å². The molecule has 178 valence electrons. The van der Waals surface area contributed by atoms with Crippen LogP contribution in [0.15, 0.2) is 30.6 Å². The van der Waals surface area contributed by atoms with Gasteiger partial charge >= 0.3 is 0 Å². The van der Waals surface area contributed by atoms with Crippen LogP contribution in [0.4, 0.5) is 5.82 Å². The first-order valence-corrected chi connectivity index (χ1v) is 11.8. The lowest BCUT2D eigenvalue weighted by molar-refractivity contribution is 0.0985. The predicted octanol–water partition coefficient (Wildman–Crippen LogP) is 3.29. The summed E-state index contributed by atoms with van der Waals surface area (Å²) >= 11 is 0. The molecular formula is C25H32N8O. The molecule has 1 saturated heterocycles. The number of rotatable bonds is 6. The van der Waals surface area contributed by atoms with Crippen molar-refractivity contribution in [2.24, 2.45) is 0 Å². The Hall–Kier alpha value is -3.30. The fourth-order valence-electron chi connectivity index (χ4n) is 4.63. The van der Waals surface area contributed by atoms with Gasteiger partial charge in [0.05, 0.1) is 37.2 Å². The molecule has 0 aromatic carbocycles. The van der Waals surface area contributed by atoms with Crippen LogP contribution in [0.5, 0.6) is 0 Å². The summed E-state index contributed by atoms with van der Waals surface area (Å²) < 4.78 is 7.77. The minimum atomic E-state index is 0.235. The van der Waals surface area contributed by atoms with E-state index >= 15 is 0 Å². The van der Waals surface area contributed by atoms with Gasteiger partial charge in [-0.15, -0.1) is 0 Å². The van der Waals surface area contributed by atoms with Crippen molar-refractivity contribution in [1.29, 1.82) is 0 Å². The highest BCUT2D eigenvalue weighted by Gasteiger charge is 2.24. The van der Waals surface area contributed by atoms with Crippen molar-refractivity contribution in [1.82, 2.24) is 34.6 Å². The molecule has 4 aromatic heterocycles. The van der Waals surface area contributed by atoms with Gasteiger partial charge in [0.15, 0.2) is 5.82 Å². The molecule has 0 bridgehead atoms. The minimum absolute atomic E-state index is 0.235. The van der Waals surface area contributed by atoms with Crippen LogP contribution in [0, 0.1) is 13.8 Å². The molecule has 1 aliphatic heterocycles. The second-order valence-electron chi connectivity index (χ2n) is 9.22. The van der Waals surface area contributed by atoms with Crippen molar-refractivity contribution in [3.8, 4) is 22.6 Å². The molecular weight excluding hydrogens is 428 g/mol. The topological polar surface area (TPSA) is 88.0 Å². The Labute approximate surface area is 199 Å². The van der Waals surface area contributed by atoms with Crippen LogP contribution in [0.2, 0.25) is 0 Å². The van der Waals surface area contributed by atoms with Gasteiger partial charge in [0.1, 0.15) is 11.5 Å². The maximum absolute atomic E-state index is 5.68. The largest absolute Gasteiger partial charge is 0.377 e. The average molecular weight is 461 g/mol. The van der Waals surface area contributed by atoms with Gasteiger partial charge in [-0.25, -0.2) is 15.0 Å². The van der Waals surface area contributed by atoms with Crippen LogP contribution in [0.25, 0.3) is 33.7 Å². The number of H-pyrrole nitrogens is 1. The molecule has 5 heterocycles. The number of hydrogen-bond donors (Lipinski definition) is 1. The zero-order chi connectivity index (χ0) is 23.8. The summed E-state index contributed by atoms with van der Waals surface area (Å²) in [6.45, 7) is 10.3. The number of likely N-dealkylation sites (N-methyl/N-ethyl adjacent to an activating group) is 1. The summed E-state index contributed by atoms with van der Waals surface area (Å²) in [5.74, 6) is 1.61. The van der Waals surface area contributed by atoms with E-state index < -0.39 is 0 Å². The molecule has 1 N–H and O–H groups in total. The van der Waals surface area contributed by atoms with E-state index in [1.807, 2.05) is 18.3 Å². The van der Waals surface area contributed by atoms with Crippen molar-refractivity contribution >= 4 is 16.9 Å². The zero-order valence-corrected chi connectivity index (χ0v) is 20.5. The first kappa shape index (κ1) is 22.5. The van der Waals surface area contributed by atoms with Crippen LogP contribution >= 0.6 is 0 Å². The third kappa shape index (κ3) is 4.17. The quantitative estimate of drug-likeness (QED) is 0.472. The van der Waals surface area contributed by atoms with Gasteiger partial charge < -0.3 is 19.5 Å². The number of nitrogens with one attached hydrogen (secondary N) is 1. The lowest BCUT2D eigenvalue weighted by Gasteiger charge is -2.34. The second kappa shape index (κ2) is 9.15. The number of hydrogen-bond acceptors (Lipinski definition) is 7. The summed E-state index contributed by atoms with van der Waals surface area (Å²) in [5, 5.41) is 5.85. The van der Waals surface area contributed by atoms with E-state index in [4.69, 9.17) is 19.8 Å². The standard InChI is InChI=1S/C25H32N8O/c1-16-15-34-13-12-32(16)22-14-21(23-17(2)30-33(18(23)3)11-10-31(4)5)28-25(29-22)20-7-9-27-24-19(20)6-8-26-24/h6-9,14,16H,10-13,15H2,1-5H3,(H,26,27)/t16-/m1/s1. The Bertz CT molecular complexity index is 1310. The number of aryl methyl sites for hydroxylation is 1. The van der Waals surface area contributed by atoms with E-state index in [1.54, 1.807) is 6.20 Å². The molecule has 4 aromatic rings. The highest BCUT2D eigenvalue weighted by atomic mass is 16.5. The summed E-state index contributed by atoms with van der Waals surface area (Å²) in [6.07, 6.45) is 3.70. The number of anilines is 1. The van der Waals surface area contributed by atoms with Gasteiger partial charge in [0.25, 0.3) is 0 Å².